The van der Waals surface area contributed by atoms with Gasteiger partial charge >= 0.3 is 6.03 Å². The molecule has 0 spiro atoms. The van der Waals surface area contributed by atoms with Gasteiger partial charge in [0, 0.05) is 55.8 Å². The highest BCUT2D eigenvalue weighted by atomic mass is 16.5. The van der Waals surface area contributed by atoms with Crippen molar-refractivity contribution in [2.75, 3.05) is 32.8 Å². The van der Waals surface area contributed by atoms with Gasteiger partial charge in [0.1, 0.15) is 0 Å². The summed E-state index contributed by atoms with van der Waals surface area (Å²) in [6.45, 7) is 16.2. The number of aliphatic imine (C=N–C) groups is 1. The number of nitrogens with zero attached hydrogens (tertiary/aromatic N) is 3. The predicted molar refractivity (Wildman–Crippen MR) is 129 cm³/mol. The SMILES string of the molecule is CCCNC(=O)N1CCN(C2(C)N=C(C3CC3)C3=C(CC(C)(C)OC3)C2=N)CC1C(C)C. The van der Waals surface area contributed by atoms with Crippen LogP contribution >= 0.6 is 0 Å². The van der Waals surface area contributed by atoms with Gasteiger partial charge in [0.25, 0.3) is 0 Å². The molecule has 2 fully saturated rings. The number of amides is 2. The number of dihydropyridines is 1. The van der Waals surface area contributed by atoms with E-state index in [9.17, 15) is 10.2 Å². The van der Waals surface area contributed by atoms with E-state index in [1.54, 1.807) is 0 Å². The predicted octanol–water partition coefficient (Wildman–Crippen LogP) is 3.84. The Labute approximate surface area is 193 Å². The Morgan fingerprint density at radius 2 is 1.97 bits per heavy atom. The van der Waals surface area contributed by atoms with Crippen molar-refractivity contribution in [1.82, 2.24) is 15.1 Å². The normalized spacial score (nSPS) is 31.0. The van der Waals surface area contributed by atoms with E-state index < -0.39 is 5.66 Å². The van der Waals surface area contributed by atoms with Gasteiger partial charge in [0.2, 0.25) is 0 Å². The number of rotatable bonds is 5. The molecule has 178 valence electrons. The summed E-state index contributed by atoms with van der Waals surface area (Å²) in [7, 11) is 0. The van der Waals surface area contributed by atoms with Crippen LogP contribution in [-0.4, -0.2) is 77.3 Å². The van der Waals surface area contributed by atoms with E-state index in [1.165, 1.54) is 24.1 Å². The summed E-state index contributed by atoms with van der Waals surface area (Å²) in [5, 5.41) is 12.3. The van der Waals surface area contributed by atoms with Crippen molar-refractivity contribution in [3.05, 3.63) is 11.1 Å². The molecule has 0 aromatic heterocycles. The molecule has 2 N–H and O–H groups in total. The van der Waals surface area contributed by atoms with E-state index >= 15 is 0 Å². The maximum Gasteiger partial charge on any atom is 0.317 e. The van der Waals surface area contributed by atoms with Crippen molar-refractivity contribution in [3.8, 4) is 0 Å². The van der Waals surface area contributed by atoms with Crippen LogP contribution in [0.3, 0.4) is 0 Å². The Hall–Kier alpha value is -1.73. The molecule has 1 saturated heterocycles. The lowest BCUT2D eigenvalue weighted by atomic mass is 9.79. The number of nitrogens with one attached hydrogen (secondary N) is 2. The van der Waals surface area contributed by atoms with Gasteiger partial charge in [-0.1, -0.05) is 20.8 Å². The monoisotopic (exact) mass is 443 g/mol. The molecule has 2 unspecified atom stereocenters. The number of carbonyl (C=O) groups excluding carboxylic acids is 1. The first-order chi connectivity index (χ1) is 15.1. The molecule has 7 heteroatoms. The van der Waals surface area contributed by atoms with Crippen LogP contribution in [0.25, 0.3) is 0 Å². The van der Waals surface area contributed by atoms with Crippen molar-refractivity contribution in [3.63, 3.8) is 0 Å². The maximum absolute atomic E-state index is 12.8. The number of hydrogen-bond acceptors (Lipinski definition) is 5. The molecule has 0 aromatic rings. The topological polar surface area (TPSA) is 81.0 Å². The Morgan fingerprint density at radius 1 is 1.25 bits per heavy atom. The minimum atomic E-state index is -0.677. The molecule has 0 radical (unpaired) electrons. The van der Waals surface area contributed by atoms with Crippen molar-refractivity contribution in [2.45, 2.75) is 84.5 Å². The molecule has 2 amide bonds. The van der Waals surface area contributed by atoms with Gasteiger partial charge in [-0.25, -0.2) is 4.79 Å². The summed E-state index contributed by atoms with van der Waals surface area (Å²) >= 11 is 0. The average molecular weight is 444 g/mol. The van der Waals surface area contributed by atoms with Gasteiger partial charge in [0.15, 0.2) is 5.66 Å². The van der Waals surface area contributed by atoms with Gasteiger partial charge in [-0.2, -0.15) is 0 Å². The number of piperazine rings is 1. The summed E-state index contributed by atoms with van der Waals surface area (Å²) in [6.07, 6.45) is 4.06. The summed E-state index contributed by atoms with van der Waals surface area (Å²) in [4.78, 5) is 22.5. The van der Waals surface area contributed by atoms with Crippen molar-refractivity contribution < 1.29 is 9.53 Å². The minimum absolute atomic E-state index is 0.0346. The zero-order valence-corrected chi connectivity index (χ0v) is 20.8. The Bertz CT molecular complexity index is 841. The molecule has 3 aliphatic heterocycles. The summed E-state index contributed by atoms with van der Waals surface area (Å²) in [5.74, 6) is 0.842. The highest BCUT2D eigenvalue weighted by Crippen LogP contribution is 2.44. The Balaban J connectivity index is 1.62. The second kappa shape index (κ2) is 8.56. The van der Waals surface area contributed by atoms with Crippen molar-refractivity contribution in [2.24, 2.45) is 16.8 Å². The largest absolute Gasteiger partial charge is 0.370 e. The van der Waals surface area contributed by atoms with Crippen LogP contribution in [0.4, 0.5) is 4.79 Å². The van der Waals surface area contributed by atoms with Crippen LogP contribution in [0.1, 0.15) is 67.2 Å². The maximum atomic E-state index is 12.8. The van der Waals surface area contributed by atoms with E-state index in [4.69, 9.17) is 9.73 Å². The zero-order chi connectivity index (χ0) is 23.3. The van der Waals surface area contributed by atoms with Crippen LogP contribution in [0.2, 0.25) is 0 Å². The first-order valence-electron chi connectivity index (χ1n) is 12.4. The third-order valence-electron chi connectivity index (χ3n) is 7.55. The fraction of sp³-hybridized carbons (Fsp3) is 0.800. The summed E-state index contributed by atoms with van der Waals surface area (Å²) < 4.78 is 6.13. The quantitative estimate of drug-likeness (QED) is 0.677. The molecular formula is C25H41N5O2. The lowest BCUT2D eigenvalue weighted by molar-refractivity contribution is -0.0122. The van der Waals surface area contributed by atoms with Gasteiger partial charge in [-0.15, -0.1) is 0 Å². The van der Waals surface area contributed by atoms with Gasteiger partial charge in [0.05, 0.1) is 17.9 Å². The Kier molecular flexibility index (Phi) is 6.27. The van der Waals surface area contributed by atoms with Gasteiger partial charge < -0.3 is 20.4 Å². The van der Waals surface area contributed by atoms with E-state index in [-0.39, 0.29) is 17.7 Å². The van der Waals surface area contributed by atoms with Crippen molar-refractivity contribution >= 4 is 17.5 Å². The fourth-order valence-corrected chi connectivity index (χ4v) is 5.33. The molecular weight excluding hydrogens is 402 g/mol. The van der Waals surface area contributed by atoms with Gasteiger partial charge in [-0.3, -0.25) is 9.89 Å². The van der Waals surface area contributed by atoms with Crippen molar-refractivity contribution in [1.29, 1.82) is 5.41 Å². The van der Waals surface area contributed by atoms with Crippen LogP contribution in [0, 0.1) is 17.2 Å². The highest BCUT2D eigenvalue weighted by molar-refractivity contribution is 6.18. The number of hydrogen-bond donors (Lipinski definition) is 2. The molecule has 0 bridgehead atoms. The first-order valence-corrected chi connectivity index (χ1v) is 12.4. The van der Waals surface area contributed by atoms with Crippen LogP contribution in [0.5, 0.6) is 0 Å². The first kappa shape index (κ1) is 23.4. The number of urea groups is 1. The molecule has 3 heterocycles. The average Bonchev–Trinajstić information content (AvgIpc) is 3.59. The molecule has 1 saturated carbocycles. The van der Waals surface area contributed by atoms with Crippen LogP contribution in [0.15, 0.2) is 16.1 Å². The molecule has 1 aliphatic carbocycles. The lowest BCUT2D eigenvalue weighted by Crippen LogP contribution is -2.66. The smallest absolute Gasteiger partial charge is 0.317 e. The Morgan fingerprint density at radius 3 is 2.59 bits per heavy atom. The number of ether oxygens (including phenoxy) is 1. The number of carbonyl (C=O) groups is 1. The van der Waals surface area contributed by atoms with E-state index in [0.717, 1.165) is 31.5 Å². The summed E-state index contributed by atoms with van der Waals surface area (Å²) in [6, 6.07) is 0.138. The zero-order valence-electron chi connectivity index (χ0n) is 20.8. The van der Waals surface area contributed by atoms with E-state index in [2.05, 4.69) is 51.8 Å². The van der Waals surface area contributed by atoms with E-state index in [1.807, 2.05) is 4.90 Å². The second-order valence-electron chi connectivity index (χ2n) is 11.0. The highest BCUT2D eigenvalue weighted by Gasteiger charge is 2.49. The summed E-state index contributed by atoms with van der Waals surface area (Å²) in [5.41, 5.74) is 3.19. The molecule has 2 atom stereocenters. The molecule has 4 aliphatic rings. The fourth-order valence-electron chi connectivity index (χ4n) is 5.33. The lowest BCUT2D eigenvalue weighted by Gasteiger charge is -2.51. The molecule has 32 heavy (non-hydrogen) atoms. The van der Waals surface area contributed by atoms with E-state index in [0.29, 0.717) is 37.2 Å². The third-order valence-corrected chi connectivity index (χ3v) is 7.55. The van der Waals surface area contributed by atoms with Gasteiger partial charge in [-0.05, 0) is 51.5 Å². The molecule has 4 rings (SSSR count). The molecule has 0 aromatic carbocycles. The van der Waals surface area contributed by atoms with Crippen LogP contribution in [-0.2, 0) is 4.74 Å². The van der Waals surface area contributed by atoms with Crippen LogP contribution < -0.4 is 5.32 Å². The standard InChI is InChI=1S/C25H41N5O2/c1-7-10-27-23(31)30-12-11-29(14-20(30)16(2)3)25(6)22(26)18-13-24(4,5)32-15-19(18)21(28-25)17-8-9-17/h16-17,20,26H,7-15H2,1-6H3,(H,27,31). The second-order valence-corrected chi connectivity index (χ2v) is 11.0. The molecule has 7 nitrogen and oxygen atoms in total. The minimum Gasteiger partial charge on any atom is -0.370 e. The third kappa shape index (κ3) is 4.26.